The zero-order valence-electron chi connectivity index (χ0n) is 21.1. The average Bonchev–Trinajstić information content (AvgIpc) is 2.92. The number of nitrogens with one attached hydrogen (secondary N) is 2. The van der Waals surface area contributed by atoms with Crippen molar-refractivity contribution in [3.05, 3.63) is 106 Å². The highest BCUT2D eigenvalue weighted by Gasteiger charge is 2.18. The summed E-state index contributed by atoms with van der Waals surface area (Å²) in [7, 11) is 1.51. The summed E-state index contributed by atoms with van der Waals surface area (Å²) >= 11 is 0. The molecule has 0 aliphatic rings. The van der Waals surface area contributed by atoms with Gasteiger partial charge in [-0.2, -0.15) is 0 Å². The third-order valence-corrected chi connectivity index (χ3v) is 6.13. The van der Waals surface area contributed by atoms with Crippen LogP contribution in [0.1, 0.15) is 21.6 Å². The monoisotopic (exact) mass is 528 g/mol. The lowest BCUT2D eigenvalue weighted by molar-refractivity contribution is 0.102. The van der Waals surface area contributed by atoms with Gasteiger partial charge in [-0.25, -0.2) is 13.8 Å². The molecule has 0 fully saturated rings. The molecular formula is C29H22F2N4O4. The molecule has 0 unspecified atom stereocenters. The second-order valence-corrected chi connectivity index (χ2v) is 8.75. The van der Waals surface area contributed by atoms with Gasteiger partial charge in [0.1, 0.15) is 22.6 Å². The van der Waals surface area contributed by atoms with Gasteiger partial charge in [-0.15, -0.1) is 0 Å². The molecule has 0 saturated heterocycles. The maximum atomic E-state index is 15.0. The van der Waals surface area contributed by atoms with Crippen LogP contribution in [0.3, 0.4) is 0 Å². The topological polar surface area (TPSA) is 106 Å². The maximum absolute atomic E-state index is 15.0. The Morgan fingerprint density at radius 3 is 2.54 bits per heavy atom. The largest absolute Gasteiger partial charge is 0.495 e. The number of rotatable bonds is 6. The molecule has 5 aromatic rings. The molecule has 2 N–H and O–H groups in total. The number of aromatic amines is 1. The van der Waals surface area contributed by atoms with E-state index in [0.717, 1.165) is 6.07 Å². The predicted octanol–water partition coefficient (Wildman–Crippen LogP) is 5.93. The molecule has 0 spiro atoms. The van der Waals surface area contributed by atoms with E-state index in [0.29, 0.717) is 33.6 Å². The number of benzene rings is 2. The van der Waals surface area contributed by atoms with Gasteiger partial charge in [0.15, 0.2) is 17.3 Å². The molecule has 5 rings (SSSR count). The van der Waals surface area contributed by atoms with E-state index in [1.165, 1.54) is 50.0 Å². The Morgan fingerprint density at radius 1 is 0.974 bits per heavy atom. The number of hydrogen-bond donors (Lipinski definition) is 2. The third kappa shape index (κ3) is 5.04. The van der Waals surface area contributed by atoms with Gasteiger partial charge >= 0.3 is 0 Å². The van der Waals surface area contributed by atoms with Crippen molar-refractivity contribution in [3.8, 4) is 28.4 Å². The quantitative estimate of drug-likeness (QED) is 0.283. The summed E-state index contributed by atoms with van der Waals surface area (Å²) in [6, 6.07) is 11.4. The highest BCUT2D eigenvalue weighted by Crippen LogP contribution is 2.31. The van der Waals surface area contributed by atoms with Crippen molar-refractivity contribution in [2.75, 3.05) is 12.4 Å². The number of anilines is 1. The normalized spacial score (nSPS) is 10.9. The van der Waals surface area contributed by atoms with E-state index in [4.69, 9.17) is 9.47 Å². The number of H-pyrrole nitrogens is 1. The number of nitrogens with zero attached hydrogens (tertiary/aromatic N) is 2. The molecule has 0 atom stereocenters. The van der Waals surface area contributed by atoms with E-state index < -0.39 is 23.0 Å². The van der Waals surface area contributed by atoms with Crippen molar-refractivity contribution in [1.82, 2.24) is 15.0 Å². The van der Waals surface area contributed by atoms with Gasteiger partial charge in [0.25, 0.3) is 5.91 Å². The third-order valence-electron chi connectivity index (χ3n) is 6.13. The number of amides is 1. The molecule has 39 heavy (non-hydrogen) atoms. The van der Waals surface area contributed by atoms with Crippen molar-refractivity contribution in [2.45, 2.75) is 13.8 Å². The zero-order chi connectivity index (χ0) is 27.7. The van der Waals surface area contributed by atoms with Crippen LogP contribution in [-0.2, 0) is 0 Å². The second-order valence-electron chi connectivity index (χ2n) is 8.75. The second kappa shape index (κ2) is 10.3. The average molecular weight is 529 g/mol. The molecule has 3 heterocycles. The molecule has 2 aromatic carbocycles. The van der Waals surface area contributed by atoms with Gasteiger partial charge in [-0.3, -0.25) is 14.6 Å². The van der Waals surface area contributed by atoms with E-state index in [1.807, 2.05) is 0 Å². The summed E-state index contributed by atoms with van der Waals surface area (Å²) < 4.78 is 39.6. The Balaban J connectivity index is 1.39. The van der Waals surface area contributed by atoms with Gasteiger partial charge in [-0.05, 0) is 49.2 Å². The van der Waals surface area contributed by atoms with E-state index in [2.05, 4.69) is 20.3 Å². The minimum absolute atomic E-state index is 0.0970. The van der Waals surface area contributed by atoms with Crippen molar-refractivity contribution in [2.24, 2.45) is 0 Å². The lowest BCUT2D eigenvalue weighted by atomic mass is 9.99. The molecule has 1 amide bonds. The van der Waals surface area contributed by atoms with Gasteiger partial charge in [0.05, 0.1) is 18.8 Å². The minimum atomic E-state index is -0.744. The van der Waals surface area contributed by atoms with Crippen LogP contribution in [0.5, 0.6) is 17.2 Å². The molecule has 0 aliphatic heterocycles. The van der Waals surface area contributed by atoms with Crippen LogP contribution in [0, 0.1) is 25.5 Å². The van der Waals surface area contributed by atoms with Gasteiger partial charge < -0.3 is 19.8 Å². The maximum Gasteiger partial charge on any atom is 0.261 e. The lowest BCUT2D eigenvalue weighted by Gasteiger charge is -2.12. The number of methoxy groups -OCH3 is 1. The molecule has 0 bridgehead atoms. The van der Waals surface area contributed by atoms with E-state index in [1.54, 1.807) is 32.0 Å². The Morgan fingerprint density at radius 2 is 1.79 bits per heavy atom. The van der Waals surface area contributed by atoms with E-state index >= 15 is 0 Å². The van der Waals surface area contributed by atoms with Gasteiger partial charge in [0.2, 0.25) is 5.43 Å². The molecule has 0 radical (unpaired) electrons. The SMILES string of the molecule is COc1cnc2c(Oc3ccc(NC(=O)c4c[nH]c(C)c(-c5ccc(F)c(C)c5)c4=O)cc3F)ccnc2c1. The number of carbonyl (C=O) groups excluding carboxylic acids is 1. The first-order valence-electron chi connectivity index (χ1n) is 11.8. The Kier molecular flexibility index (Phi) is 6.76. The van der Waals surface area contributed by atoms with Crippen molar-refractivity contribution < 1.29 is 23.0 Å². The van der Waals surface area contributed by atoms with Crippen LogP contribution < -0.4 is 20.2 Å². The van der Waals surface area contributed by atoms with Crippen LogP contribution >= 0.6 is 0 Å². The first-order valence-corrected chi connectivity index (χ1v) is 11.8. The standard InChI is InChI=1S/C29H22F2N4O4/c1-15-10-17(4-6-21(15)30)26-16(2)33-14-20(28(26)36)29(37)35-18-5-7-24(22(31)11-18)39-25-8-9-32-23-12-19(38-3)13-34-27(23)25/h4-14H,1-3H3,(H,33,36)(H,35,37). The molecule has 0 aliphatic carbocycles. The number of ether oxygens (including phenoxy) is 2. The van der Waals surface area contributed by atoms with Crippen LogP contribution in [0.4, 0.5) is 14.5 Å². The first kappa shape index (κ1) is 25.5. The lowest BCUT2D eigenvalue weighted by Crippen LogP contribution is -2.23. The summed E-state index contributed by atoms with van der Waals surface area (Å²) in [5, 5.41) is 2.54. The van der Waals surface area contributed by atoms with E-state index in [-0.39, 0.29) is 28.3 Å². The Bertz CT molecular complexity index is 1800. The molecule has 196 valence electrons. The zero-order valence-corrected chi connectivity index (χ0v) is 21.1. The summed E-state index contributed by atoms with van der Waals surface area (Å²) in [6.07, 6.45) is 4.30. The fraction of sp³-hybridized carbons (Fsp3) is 0.103. The number of pyridine rings is 3. The number of aryl methyl sites for hydroxylation is 2. The van der Waals surface area contributed by atoms with Crippen LogP contribution in [-0.4, -0.2) is 28.0 Å². The summed E-state index contributed by atoms with van der Waals surface area (Å²) in [6.45, 7) is 3.27. The number of fused-ring (bicyclic) bond motifs is 1. The molecule has 3 aromatic heterocycles. The van der Waals surface area contributed by atoms with Crippen LogP contribution in [0.2, 0.25) is 0 Å². The molecule has 8 nitrogen and oxygen atoms in total. The predicted molar refractivity (Wildman–Crippen MR) is 142 cm³/mol. The van der Waals surface area contributed by atoms with Crippen molar-refractivity contribution >= 4 is 22.6 Å². The number of aromatic nitrogens is 3. The highest BCUT2D eigenvalue weighted by molar-refractivity contribution is 6.04. The first-order chi connectivity index (χ1) is 18.7. The van der Waals surface area contributed by atoms with Crippen LogP contribution in [0.25, 0.3) is 22.2 Å². The fourth-order valence-electron chi connectivity index (χ4n) is 4.10. The molecular weight excluding hydrogens is 506 g/mol. The summed E-state index contributed by atoms with van der Waals surface area (Å²) in [5.41, 5.74) is 1.94. The highest BCUT2D eigenvalue weighted by atomic mass is 19.1. The van der Waals surface area contributed by atoms with Gasteiger partial charge in [0, 0.05) is 47.5 Å². The number of hydrogen-bond acceptors (Lipinski definition) is 6. The Labute approximate surface area is 221 Å². The summed E-state index contributed by atoms with van der Waals surface area (Å²) in [5.74, 6) is -1.17. The summed E-state index contributed by atoms with van der Waals surface area (Å²) in [4.78, 5) is 37.6. The number of carbonyl (C=O) groups is 1. The van der Waals surface area contributed by atoms with Crippen molar-refractivity contribution in [1.29, 1.82) is 0 Å². The van der Waals surface area contributed by atoms with Crippen LogP contribution in [0.15, 0.2) is 71.9 Å². The number of halogens is 2. The molecule has 0 saturated carbocycles. The Hall–Kier alpha value is -5.12. The smallest absolute Gasteiger partial charge is 0.261 e. The van der Waals surface area contributed by atoms with E-state index in [9.17, 15) is 18.4 Å². The minimum Gasteiger partial charge on any atom is -0.495 e. The van der Waals surface area contributed by atoms with Gasteiger partial charge in [-0.1, -0.05) is 6.07 Å². The fourth-order valence-corrected chi connectivity index (χ4v) is 4.10. The molecule has 10 heteroatoms. The van der Waals surface area contributed by atoms with Crippen molar-refractivity contribution in [3.63, 3.8) is 0 Å².